The maximum absolute atomic E-state index is 4.55. The highest BCUT2D eigenvalue weighted by Crippen LogP contribution is 1.91. The quantitative estimate of drug-likeness (QED) is 0.299. The van der Waals surface area contributed by atoms with Gasteiger partial charge in [-0.2, -0.15) is 4.89 Å². The average molecular weight is 102 g/mol. The third-order valence-electron chi connectivity index (χ3n) is 0.621. The van der Waals surface area contributed by atoms with E-state index in [2.05, 4.69) is 9.78 Å². The summed E-state index contributed by atoms with van der Waals surface area (Å²) in [7, 11) is 1.48. The van der Waals surface area contributed by atoms with Crippen LogP contribution in [-0.4, -0.2) is 7.11 Å². The van der Waals surface area contributed by atoms with Crippen LogP contribution in [0.15, 0.2) is 11.8 Å². The van der Waals surface area contributed by atoms with Crippen LogP contribution in [-0.2, 0) is 9.78 Å². The van der Waals surface area contributed by atoms with Gasteiger partial charge >= 0.3 is 0 Å². The summed E-state index contributed by atoms with van der Waals surface area (Å²) in [5, 5.41) is 0. The summed E-state index contributed by atoms with van der Waals surface area (Å²) in [5.74, 6) is 0.780. The molecule has 0 aliphatic heterocycles. The molecule has 2 heteroatoms. The third-order valence-corrected chi connectivity index (χ3v) is 0.621. The molecule has 0 atom stereocenters. The molecule has 0 unspecified atom stereocenters. The first-order valence-corrected chi connectivity index (χ1v) is 2.15. The van der Waals surface area contributed by atoms with Crippen molar-refractivity contribution in [3.8, 4) is 0 Å². The minimum Gasteiger partial charge on any atom is -0.343 e. The van der Waals surface area contributed by atoms with E-state index in [9.17, 15) is 0 Å². The molecule has 0 radical (unpaired) electrons. The average Bonchev–Trinajstić information content (AvgIpc) is 1.68. The van der Waals surface area contributed by atoms with Gasteiger partial charge in [0.15, 0.2) is 0 Å². The van der Waals surface area contributed by atoms with Crippen molar-refractivity contribution < 1.29 is 9.78 Å². The lowest BCUT2D eigenvalue weighted by Crippen LogP contribution is -1.83. The first-order chi connectivity index (χ1) is 3.31. The fourth-order valence-corrected chi connectivity index (χ4v) is 0.180. The molecule has 0 saturated carbocycles. The first kappa shape index (κ1) is 6.50. The second kappa shape index (κ2) is 3.68. The Morgan fingerprint density at radius 1 is 1.57 bits per heavy atom. The molecule has 7 heavy (non-hydrogen) atoms. The molecule has 42 valence electrons. The Balaban J connectivity index is 3.17. The molecule has 0 rings (SSSR count). The lowest BCUT2D eigenvalue weighted by molar-refractivity contribution is -0.236. The van der Waals surface area contributed by atoms with Crippen molar-refractivity contribution in [2.24, 2.45) is 0 Å². The van der Waals surface area contributed by atoms with Gasteiger partial charge in [0.2, 0.25) is 0 Å². The Labute approximate surface area is 43.7 Å². The van der Waals surface area contributed by atoms with E-state index in [4.69, 9.17) is 0 Å². The Bertz CT molecular complexity index is 66.5. The summed E-state index contributed by atoms with van der Waals surface area (Å²) in [6, 6.07) is 0. The number of allylic oxidation sites excluding steroid dienone is 2. The third kappa shape index (κ3) is 3.33. The van der Waals surface area contributed by atoms with E-state index >= 15 is 0 Å². The topological polar surface area (TPSA) is 18.5 Å². The van der Waals surface area contributed by atoms with E-state index in [1.165, 1.54) is 7.11 Å². The van der Waals surface area contributed by atoms with E-state index in [0.29, 0.717) is 0 Å². The molecule has 0 aromatic rings. The van der Waals surface area contributed by atoms with Gasteiger partial charge in [-0.15, -0.1) is 0 Å². The zero-order valence-corrected chi connectivity index (χ0v) is 4.89. The molecule has 0 aliphatic carbocycles. The molecule has 0 heterocycles. The lowest BCUT2D eigenvalue weighted by Gasteiger charge is -1.95. The molecule has 0 bridgehead atoms. The van der Waals surface area contributed by atoms with Gasteiger partial charge in [-0.25, -0.2) is 0 Å². The van der Waals surface area contributed by atoms with Gasteiger partial charge in [-0.1, -0.05) is 0 Å². The van der Waals surface area contributed by atoms with Crippen molar-refractivity contribution in [3.05, 3.63) is 11.8 Å². The standard InChI is InChI=1S/C5H10O2/c1-4-5(2)7-6-3/h4H,1-3H3/b5-4+. The summed E-state index contributed by atoms with van der Waals surface area (Å²) in [6.07, 6.45) is 1.82. The maximum Gasteiger partial charge on any atom is 0.135 e. The number of hydrogen-bond acceptors (Lipinski definition) is 2. The van der Waals surface area contributed by atoms with E-state index in [1.807, 2.05) is 19.9 Å². The predicted octanol–water partition coefficient (Wildman–Crippen LogP) is 1.49. The highest BCUT2D eigenvalue weighted by molar-refractivity contribution is 4.82. The number of rotatable bonds is 2. The molecular weight excluding hydrogens is 92.1 g/mol. The predicted molar refractivity (Wildman–Crippen MR) is 27.5 cm³/mol. The molecule has 0 amide bonds. The molecule has 0 aromatic heterocycles. The van der Waals surface area contributed by atoms with Crippen molar-refractivity contribution in [3.63, 3.8) is 0 Å². The number of hydrogen-bond donors (Lipinski definition) is 0. The van der Waals surface area contributed by atoms with Gasteiger partial charge in [0, 0.05) is 0 Å². The van der Waals surface area contributed by atoms with Crippen molar-refractivity contribution in [2.45, 2.75) is 13.8 Å². The van der Waals surface area contributed by atoms with Crippen molar-refractivity contribution >= 4 is 0 Å². The highest BCUT2D eigenvalue weighted by atomic mass is 17.2. The summed E-state index contributed by atoms with van der Waals surface area (Å²) >= 11 is 0. The van der Waals surface area contributed by atoms with Gasteiger partial charge in [-0.3, -0.25) is 0 Å². The van der Waals surface area contributed by atoms with Crippen LogP contribution in [0.3, 0.4) is 0 Å². The van der Waals surface area contributed by atoms with Crippen molar-refractivity contribution in [1.29, 1.82) is 0 Å². The second-order valence-corrected chi connectivity index (χ2v) is 1.15. The van der Waals surface area contributed by atoms with Crippen LogP contribution in [0.25, 0.3) is 0 Å². The zero-order chi connectivity index (χ0) is 5.70. The van der Waals surface area contributed by atoms with Crippen molar-refractivity contribution in [1.82, 2.24) is 0 Å². The summed E-state index contributed by atoms with van der Waals surface area (Å²) in [6.45, 7) is 3.71. The fraction of sp³-hybridized carbons (Fsp3) is 0.600. The largest absolute Gasteiger partial charge is 0.343 e. The first-order valence-electron chi connectivity index (χ1n) is 2.15. The molecule has 0 spiro atoms. The normalized spacial score (nSPS) is 11.6. The Kier molecular flexibility index (Phi) is 3.42. The molecule has 0 saturated heterocycles. The Morgan fingerprint density at radius 3 is 2.29 bits per heavy atom. The van der Waals surface area contributed by atoms with E-state index in [0.717, 1.165) is 5.76 Å². The van der Waals surface area contributed by atoms with E-state index in [-0.39, 0.29) is 0 Å². The molecule has 0 aromatic carbocycles. The van der Waals surface area contributed by atoms with E-state index < -0.39 is 0 Å². The zero-order valence-electron chi connectivity index (χ0n) is 4.89. The summed E-state index contributed by atoms with van der Waals surface area (Å²) < 4.78 is 0. The van der Waals surface area contributed by atoms with Crippen LogP contribution < -0.4 is 0 Å². The van der Waals surface area contributed by atoms with Crippen LogP contribution >= 0.6 is 0 Å². The smallest absolute Gasteiger partial charge is 0.135 e. The summed E-state index contributed by atoms with van der Waals surface area (Å²) in [4.78, 5) is 8.88. The highest BCUT2D eigenvalue weighted by Gasteiger charge is 1.79. The fourth-order valence-electron chi connectivity index (χ4n) is 0.180. The molecule has 0 aliphatic rings. The van der Waals surface area contributed by atoms with Crippen LogP contribution in [0.5, 0.6) is 0 Å². The summed E-state index contributed by atoms with van der Waals surface area (Å²) in [5.41, 5.74) is 0. The van der Waals surface area contributed by atoms with Crippen LogP contribution in [0, 0.1) is 0 Å². The minimum atomic E-state index is 0.780. The van der Waals surface area contributed by atoms with Gasteiger partial charge in [0.05, 0.1) is 7.11 Å². The van der Waals surface area contributed by atoms with Gasteiger partial charge in [-0.05, 0) is 19.9 Å². The molecule has 0 fully saturated rings. The molecular formula is C5H10O2. The van der Waals surface area contributed by atoms with Crippen LogP contribution in [0.2, 0.25) is 0 Å². The second-order valence-electron chi connectivity index (χ2n) is 1.15. The van der Waals surface area contributed by atoms with Gasteiger partial charge < -0.3 is 4.89 Å². The Morgan fingerprint density at radius 2 is 2.14 bits per heavy atom. The molecule has 2 nitrogen and oxygen atoms in total. The Hall–Kier alpha value is -0.500. The lowest BCUT2D eigenvalue weighted by atomic mass is 10.5. The monoisotopic (exact) mass is 102 g/mol. The SMILES string of the molecule is C/C=C(\C)OOC. The van der Waals surface area contributed by atoms with Gasteiger partial charge in [0.1, 0.15) is 5.76 Å². The maximum atomic E-state index is 4.55. The van der Waals surface area contributed by atoms with Crippen LogP contribution in [0.4, 0.5) is 0 Å². The van der Waals surface area contributed by atoms with E-state index in [1.54, 1.807) is 0 Å². The molecule has 0 N–H and O–H groups in total. The van der Waals surface area contributed by atoms with Crippen LogP contribution in [0.1, 0.15) is 13.8 Å². The minimum absolute atomic E-state index is 0.780. The van der Waals surface area contributed by atoms with Gasteiger partial charge in [0.25, 0.3) is 0 Å². The van der Waals surface area contributed by atoms with Crippen molar-refractivity contribution in [2.75, 3.05) is 7.11 Å².